The van der Waals surface area contributed by atoms with Gasteiger partial charge in [0, 0.05) is 27.8 Å². The highest BCUT2D eigenvalue weighted by Crippen LogP contribution is 2.45. The molecule has 3 aromatic carbocycles. The Kier molecular flexibility index (Phi) is 8.26. The van der Waals surface area contributed by atoms with Gasteiger partial charge in [-0.25, -0.2) is 0 Å². The number of rotatable bonds is 7. The minimum atomic E-state index is -0.888. The summed E-state index contributed by atoms with van der Waals surface area (Å²) in [6, 6.07) is 17.5. The predicted octanol–water partition coefficient (Wildman–Crippen LogP) is 8.21. The van der Waals surface area contributed by atoms with Crippen molar-refractivity contribution in [2.24, 2.45) is 0 Å². The standard InChI is InChI=1S/C32H27Cl2N3O4S2/c1-16(2)18-4-6-19(7-5-18)27-26(28(38)20-9-11-25-22(13-20)12-17(3)41-25)29(39)30(40)37(27)31-35-36-32(43-31)42-15-21-8-10-23(33)14-24(21)34/h4-11,13-14,16-17,27,38H,12,15H2,1-3H3. The number of aliphatic hydroxyl groups is 1. The molecule has 3 heterocycles. The van der Waals surface area contributed by atoms with Crippen LogP contribution in [-0.2, 0) is 21.8 Å². The van der Waals surface area contributed by atoms with Gasteiger partial charge in [0.1, 0.15) is 17.6 Å². The lowest BCUT2D eigenvalue weighted by atomic mass is 9.93. The fraction of sp³-hybridized carbons (Fsp3) is 0.250. The van der Waals surface area contributed by atoms with E-state index in [1.807, 2.05) is 43.3 Å². The molecule has 0 bridgehead atoms. The van der Waals surface area contributed by atoms with Crippen molar-refractivity contribution >= 4 is 68.9 Å². The second-order valence-corrected chi connectivity index (χ2v) is 13.8. The van der Waals surface area contributed by atoms with Crippen LogP contribution in [0.4, 0.5) is 5.13 Å². The van der Waals surface area contributed by atoms with Crippen LogP contribution in [0.3, 0.4) is 0 Å². The van der Waals surface area contributed by atoms with E-state index >= 15 is 0 Å². The van der Waals surface area contributed by atoms with E-state index in [2.05, 4.69) is 24.0 Å². The van der Waals surface area contributed by atoms with Gasteiger partial charge >= 0.3 is 5.91 Å². The average molecular weight is 653 g/mol. The van der Waals surface area contributed by atoms with E-state index < -0.39 is 17.7 Å². The summed E-state index contributed by atoms with van der Waals surface area (Å²) in [6.07, 6.45) is 0.717. The number of fused-ring (bicyclic) bond motifs is 1. The van der Waals surface area contributed by atoms with Gasteiger partial charge in [0.15, 0.2) is 4.34 Å². The van der Waals surface area contributed by atoms with Crippen LogP contribution in [0.1, 0.15) is 60.5 Å². The van der Waals surface area contributed by atoms with Gasteiger partial charge in [-0.15, -0.1) is 10.2 Å². The highest BCUT2D eigenvalue weighted by atomic mass is 35.5. The van der Waals surface area contributed by atoms with Crippen molar-refractivity contribution in [1.29, 1.82) is 0 Å². The Balaban J connectivity index is 1.38. The molecule has 1 N–H and O–H groups in total. The molecule has 1 amide bonds. The molecular formula is C32H27Cl2N3O4S2. The maximum atomic E-state index is 13.6. The topological polar surface area (TPSA) is 92.6 Å². The number of aromatic nitrogens is 2. The Morgan fingerprint density at radius 3 is 2.58 bits per heavy atom. The number of carbonyl (C=O) groups excluding carboxylic acids is 2. The quantitative estimate of drug-likeness (QED) is 0.0707. The van der Waals surface area contributed by atoms with E-state index in [4.69, 9.17) is 27.9 Å². The van der Waals surface area contributed by atoms with Gasteiger partial charge in [-0.05, 0) is 65.4 Å². The van der Waals surface area contributed by atoms with Crippen LogP contribution in [0.2, 0.25) is 10.0 Å². The second-order valence-electron chi connectivity index (χ2n) is 10.8. The van der Waals surface area contributed by atoms with Crippen molar-refractivity contribution < 1.29 is 19.4 Å². The number of halogens is 2. The van der Waals surface area contributed by atoms with Crippen molar-refractivity contribution in [2.75, 3.05) is 4.90 Å². The smallest absolute Gasteiger partial charge is 0.301 e. The molecule has 0 spiro atoms. The Bertz CT molecular complexity index is 1770. The first-order chi connectivity index (χ1) is 20.6. The lowest BCUT2D eigenvalue weighted by Crippen LogP contribution is -2.29. The number of benzene rings is 3. The minimum absolute atomic E-state index is 0.00607. The van der Waals surface area contributed by atoms with Crippen LogP contribution in [0.15, 0.2) is 70.6 Å². The maximum absolute atomic E-state index is 13.6. The van der Waals surface area contributed by atoms with Crippen LogP contribution in [0, 0.1) is 0 Å². The number of hydrogen-bond acceptors (Lipinski definition) is 8. The van der Waals surface area contributed by atoms with Crippen LogP contribution in [0.5, 0.6) is 5.75 Å². The first-order valence-electron chi connectivity index (χ1n) is 13.7. The molecule has 220 valence electrons. The summed E-state index contributed by atoms with van der Waals surface area (Å²) < 4.78 is 6.41. The summed E-state index contributed by atoms with van der Waals surface area (Å²) in [5.74, 6) is -0.219. The van der Waals surface area contributed by atoms with Crippen molar-refractivity contribution in [3.05, 3.63) is 104 Å². The third kappa shape index (κ3) is 5.79. The molecule has 6 rings (SSSR count). The predicted molar refractivity (Wildman–Crippen MR) is 171 cm³/mol. The monoisotopic (exact) mass is 651 g/mol. The summed E-state index contributed by atoms with van der Waals surface area (Å²) in [7, 11) is 0. The fourth-order valence-electron chi connectivity index (χ4n) is 5.27. The summed E-state index contributed by atoms with van der Waals surface area (Å²) in [5, 5.41) is 21.5. The number of amides is 1. The van der Waals surface area contributed by atoms with Gasteiger partial charge in [-0.1, -0.05) is 90.5 Å². The second kappa shape index (κ2) is 12.0. The van der Waals surface area contributed by atoms with Crippen molar-refractivity contribution in [3.63, 3.8) is 0 Å². The van der Waals surface area contributed by atoms with E-state index in [9.17, 15) is 14.7 Å². The van der Waals surface area contributed by atoms with Crippen molar-refractivity contribution in [2.45, 2.75) is 55.3 Å². The third-order valence-electron chi connectivity index (χ3n) is 7.50. The molecule has 0 aliphatic carbocycles. The Morgan fingerprint density at radius 2 is 1.86 bits per heavy atom. The minimum Gasteiger partial charge on any atom is -0.507 e. The molecule has 1 aromatic heterocycles. The molecule has 1 fully saturated rings. The van der Waals surface area contributed by atoms with Crippen LogP contribution < -0.4 is 9.64 Å². The molecule has 0 saturated carbocycles. The number of nitrogens with zero attached hydrogens (tertiary/aromatic N) is 3. The Morgan fingerprint density at radius 1 is 1.09 bits per heavy atom. The molecule has 2 unspecified atom stereocenters. The SMILES string of the molecule is CC1Cc2cc(C(O)=C3C(=O)C(=O)N(c4nnc(SCc5ccc(Cl)cc5Cl)s4)C3c3ccc(C(C)C)cc3)ccc2O1. The van der Waals surface area contributed by atoms with E-state index in [1.54, 1.807) is 24.3 Å². The van der Waals surface area contributed by atoms with Gasteiger partial charge < -0.3 is 9.84 Å². The van der Waals surface area contributed by atoms with Gasteiger partial charge in [0.05, 0.1) is 11.6 Å². The number of carbonyl (C=O) groups is 2. The summed E-state index contributed by atoms with van der Waals surface area (Å²) in [6.45, 7) is 6.17. The van der Waals surface area contributed by atoms with Gasteiger partial charge in [0.25, 0.3) is 5.78 Å². The molecule has 2 aliphatic rings. The van der Waals surface area contributed by atoms with E-state index in [-0.39, 0.29) is 22.6 Å². The number of Topliss-reactive ketones (excluding diaryl/α,β-unsaturated/α-hetero) is 1. The Labute approximate surface area is 267 Å². The first kappa shape index (κ1) is 29.7. The summed E-state index contributed by atoms with van der Waals surface area (Å²) in [5.41, 5.74) is 4.07. The zero-order valence-electron chi connectivity index (χ0n) is 23.5. The summed E-state index contributed by atoms with van der Waals surface area (Å²) >= 11 is 15.0. The molecule has 1 saturated heterocycles. The molecule has 2 aliphatic heterocycles. The molecule has 11 heteroatoms. The van der Waals surface area contributed by atoms with E-state index in [0.29, 0.717) is 43.6 Å². The largest absolute Gasteiger partial charge is 0.507 e. The number of thioether (sulfide) groups is 1. The molecule has 43 heavy (non-hydrogen) atoms. The molecule has 0 radical (unpaired) electrons. The van der Waals surface area contributed by atoms with Crippen LogP contribution in [0.25, 0.3) is 5.76 Å². The van der Waals surface area contributed by atoms with E-state index in [1.165, 1.54) is 28.0 Å². The van der Waals surface area contributed by atoms with Gasteiger partial charge in [-0.3, -0.25) is 14.5 Å². The van der Waals surface area contributed by atoms with Gasteiger partial charge in [-0.2, -0.15) is 0 Å². The normalized spacial score (nSPS) is 19.3. The maximum Gasteiger partial charge on any atom is 0.301 e. The lowest BCUT2D eigenvalue weighted by molar-refractivity contribution is -0.132. The molecule has 2 atom stereocenters. The summed E-state index contributed by atoms with van der Waals surface area (Å²) in [4.78, 5) is 28.6. The first-order valence-corrected chi connectivity index (χ1v) is 16.3. The lowest BCUT2D eigenvalue weighted by Gasteiger charge is -2.23. The molecule has 4 aromatic rings. The number of aliphatic hydroxyl groups excluding tert-OH is 1. The van der Waals surface area contributed by atoms with E-state index in [0.717, 1.165) is 22.4 Å². The zero-order valence-corrected chi connectivity index (χ0v) is 26.7. The molecule has 7 nitrogen and oxygen atoms in total. The average Bonchev–Trinajstić information content (AvgIpc) is 3.67. The highest BCUT2D eigenvalue weighted by Gasteiger charge is 2.48. The third-order valence-corrected chi connectivity index (χ3v) is 10.2. The van der Waals surface area contributed by atoms with Gasteiger partial charge in [0.2, 0.25) is 5.13 Å². The number of anilines is 1. The zero-order chi connectivity index (χ0) is 30.4. The van der Waals surface area contributed by atoms with Crippen LogP contribution in [-0.4, -0.2) is 33.1 Å². The number of ketones is 1. The number of hydrogen-bond donors (Lipinski definition) is 1. The Hall–Kier alpha value is -3.37. The number of ether oxygens (including phenoxy) is 1. The van der Waals surface area contributed by atoms with Crippen LogP contribution >= 0.6 is 46.3 Å². The molecular weight excluding hydrogens is 625 g/mol. The highest BCUT2D eigenvalue weighted by molar-refractivity contribution is 8.00. The van der Waals surface area contributed by atoms with Crippen molar-refractivity contribution in [3.8, 4) is 5.75 Å². The fourth-order valence-corrected chi connectivity index (χ4v) is 7.70. The van der Waals surface area contributed by atoms with Crippen molar-refractivity contribution in [1.82, 2.24) is 10.2 Å².